The minimum absolute atomic E-state index is 0.214. The lowest BCUT2D eigenvalue weighted by molar-refractivity contribution is 0.282. The van der Waals surface area contributed by atoms with Gasteiger partial charge in [-0.1, -0.05) is 19.3 Å². The fourth-order valence-electron chi connectivity index (χ4n) is 2.00. The minimum Gasteiger partial charge on any atom is -0.308 e. The van der Waals surface area contributed by atoms with Crippen molar-refractivity contribution in [3.05, 3.63) is 0 Å². The molecule has 1 fully saturated rings. The first-order valence-electron chi connectivity index (χ1n) is 5.49. The van der Waals surface area contributed by atoms with E-state index in [1.165, 1.54) is 19.3 Å². The topological polar surface area (TPSA) is 39.1 Å². The number of nitriles is 1. The number of nitrogens with zero attached hydrogens (tertiary/aromatic N) is 2. The highest BCUT2D eigenvalue weighted by Crippen LogP contribution is 2.27. The summed E-state index contributed by atoms with van der Waals surface area (Å²) in [6.07, 6.45) is 5.73. The van der Waals surface area contributed by atoms with Gasteiger partial charge in [0.1, 0.15) is 5.54 Å². The fraction of sp³-hybridized carbons (Fsp3) is 0.909. The summed E-state index contributed by atoms with van der Waals surface area (Å²) in [6, 6.07) is 2.46. The summed E-state index contributed by atoms with van der Waals surface area (Å²) < 4.78 is 0. The molecule has 14 heavy (non-hydrogen) atoms. The zero-order valence-electron chi connectivity index (χ0n) is 9.34. The molecule has 1 aliphatic rings. The molecule has 0 atom stereocenters. The van der Waals surface area contributed by atoms with Gasteiger partial charge >= 0.3 is 0 Å². The van der Waals surface area contributed by atoms with Gasteiger partial charge in [0.25, 0.3) is 0 Å². The van der Waals surface area contributed by atoms with E-state index in [2.05, 4.69) is 30.4 Å². The highest BCUT2D eigenvalue weighted by atomic mass is 15.1. The first-order chi connectivity index (χ1) is 6.68. The highest BCUT2D eigenvalue weighted by molar-refractivity contribution is 5.08. The summed E-state index contributed by atoms with van der Waals surface area (Å²) in [4.78, 5) is 2.14. The molecule has 0 spiro atoms. The van der Waals surface area contributed by atoms with Crippen molar-refractivity contribution >= 4 is 0 Å². The smallest absolute Gasteiger partial charge is 0.106 e. The molecule has 1 rings (SSSR count). The molecule has 0 amide bonds. The van der Waals surface area contributed by atoms with Crippen molar-refractivity contribution in [1.82, 2.24) is 10.2 Å². The Kier molecular flexibility index (Phi) is 4.37. The van der Waals surface area contributed by atoms with Crippen LogP contribution in [0.3, 0.4) is 0 Å². The molecule has 1 saturated carbocycles. The van der Waals surface area contributed by atoms with E-state index in [0.29, 0.717) is 0 Å². The van der Waals surface area contributed by atoms with Crippen molar-refractivity contribution in [2.24, 2.45) is 0 Å². The van der Waals surface area contributed by atoms with E-state index >= 15 is 0 Å². The molecular weight excluding hydrogens is 174 g/mol. The lowest BCUT2D eigenvalue weighted by atomic mass is 9.83. The van der Waals surface area contributed by atoms with E-state index in [4.69, 9.17) is 0 Å². The molecule has 3 nitrogen and oxygen atoms in total. The van der Waals surface area contributed by atoms with E-state index in [9.17, 15) is 5.26 Å². The standard InChI is InChI=1S/C11H21N3/c1-14(2)9-8-13-11(10-12)6-4-3-5-7-11/h13H,3-9H2,1-2H3. The van der Waals surface area contributed by atoms with Crippen molar-refractivity contribution in [1.29, 1.82) is 5.26 Å². The van der Waals surface area contributed by atoms with Gasteiger partial charge in [-0.2, -0.15) is 5.26 Å². The lowest BCUT2D eigenvalue weighted by Gasteiger charge is -2.32. The quantitative estimate of drug-likeness (QED) is 0.736. The zero-order chi connectivity index (χ0) is 10.4. The van der Waals surface area contributed by atoms with Crippen LogP contribution in [0.1, 0.15) is 32.1 Å². The van der Waals surface area contributed by atoms with Crippen molar-refractivity contribution in [3.8, 4) is 6.07 Å². The summed E-state index contributed by atoms with van der Waals surface area (Å²) in [5.41, 5.74) is -0.214. The average molecular weight is 195 g/mol. The van der Waals surface area contributed by atoms with Crippen LogP contribution in [0, 0.1) is 11.3 Å². The van der Waals surface area contributed by atoms with E-state index in [0.717, 1.165) is 25.9 Å². The van der Waals surface area contributed by atoms with Crippen molar-refractivity contribution < 1.29 is 0 Å². The molecule has 0 unspecified atom stereocenters. The maximum atomic E-state index is 9.18. The summed E-state index contributed by atoms with van der Waals surface area (Å²) >= 11 is 0. The SMILES string of the molecule is CN(C)CCNC1(C#N)CCCCC1. The Morgan fingerprint density at radius 1 is 1.29 bits per heavy atom. The maximum Gasteiger partial charge on any atom is 0.106 e. The molecule has 0 aromatic rings. The van der Waals surface area contributed by atoms with Gasteiger partial charge in [-0.05, 0) is 26.9 Å². The summed E-state index contributed by atoms with van der Waals surface area (Å²) in [6.45, 7) is 1.92. The minimum atomic E-state index is -0.214. The third kappa shape index (κ3) is 3.28. The number of likely N-dealkylation sites (N-methyl/N-ethyl adjacent to an activating group) is 1. The Morgan fingerprint density at radius 3 is 2.43 bits per heavy atom. The Bertz CT molecular complexity index is 199. The first-order valence-corrected chi connectivity index (χ1v) is 5.49. The second-order valence-electron chi connectivity index (χ2n) is 4.48. The summed E-state index contributed by atoms with van der Waals surface area (Å²) in [5, 5.41) is 12.6. The van der Waals surface area contributed by atoms with Gasteiger partial charge in [0.2, 0.25) is 0 Å². The van der Waals surface area contributed by atoms with E-state index in [-0.39, 0.29) is 5.54 Å². The van der Waals surface area contributed by atoms with Crippen LogP contribution in [0.5, 0.6) is 0 Å². The molecule has 0 heterocycles. The largest absolute Gasteiger partial charge is 0.308 e. The predicted octanol–water partition coefficient (Wildman–Crippen LogP) is 1.36. The predicted molar refractivity (Wildman–Crippen MR) is 58.0 cm³/mol. The summed E-state index contributed by atoms with van der Waals surface area (Å²) in [5.74, 6) is 0. The molecule has 1 N–H and O–H groups in total. The normalized spacial score (nSPS) is 20.7. The van der Waals surface area contributed by atoms with Crippen LogP contribution in [0.15, 0.2) is 0 Å². The highest BCUT2D eigenvalue weighted by Gasteiger charge is 2.30. The molecule has 3 heteroatoms. The van der Waals surface area contributed by atoms with Crippen LogP contribution < -0.4 is 5.32 Å². The Labute approximate surface area is 87.1 Å². The van der Waals surface area contributed by atoms with Crippen molar-refractivity contribution in [2.75, 3.05) is 27.2 Å². The average Bonchev–Trinajstić information content (AvgIpc) is 2.19. The van der Waals surface area contributed by atoms with Gasteiger partial charge in [-0.25, -0.2) is 0 Å². The van der Waals surface area contributed by atoms with Crippen LogP contribution in [-0.4, -0.2) is 37.6 Å². The van der Waals surface area contributed by atoms with Gasteiger partial charge in [0, 0.05) is 13.1 Å². The zero-order valence-corrected chi connectivity index (χ0v) is 9.34. The van der Waals surface area contributed by atoms with Crippen LogP contribution >= 0.6 is 0 Å². The van der Waals surface area contributed by atoms with E-state index < -0.39 is 0 Å². The van der Waals surface area contributed by atoms with Crippen LogP contribution in [0.25, 0.3) is 0 Å². The van der Waals surface area contributed by atoms with Crippen LogP contribution in [-0.2, 0) is 0 Å². The Hall–Kier alpha value is -0.590. The molecule has 1 aliphatic carbocycles. The molecule has 0 bridgehead atoms. The molecule has 0 aliphatic heterocycles. The van der Waals surface area contributed by atoms with Gasteiger partial charge in [0.15, 0.2) is 0 Å². The molecule has 0 saturated heterocycles. The number of rotatable bonds is 4. The molecular formula is C11H21N3. The molecule has 80 valence electrons. The summed E-state index contributed by atoms with van der Waals surface area (Å²) in [7, 11) is 4.11. The van der Waals surface area contributed by atoms with Crippen molar-refractivity contribution in [2.45, 2.75) is 37.6 Å². The number of hydrogen-bond acceptors (Lipinski definition) is 3. The Balaban J connectivity index is 2.34. The fourth-order valence-corrected chi connectivity index (χ4v) is 2.00. The maximum absolute atomic E-state index is 9.18. The molecule has 0 radical (unpaired) electrons. The number of hydrogen-bond donors (Lipinski definition) is 1. The van der Waals surface area contributed by atoms with Gasteiger partial charge in [-0.3, -0.25) is 5.32 Å². The van der Waals surface area contributed by atoms with E-state index in [1.54, 1.807) is 0 Å². The first kappa shape index (κ1) is 11.5. The third-order valence-electron chi connectivity index (χ3n) is 2.94. The van der Waals surface area contributed by atoms with Crippen LogP contribution in [0.2, 0.25) is 0 Å². The molecule has 0 aromatic carbocycles. The van der Waals surface area contributed by atoms with Gasteiger partial charge in [0.05, 0.1) is 6.07 Å². The van der Waals surface area contributed by atoms with Crippen LogP contribution in [0.4, 0.5) is 0 Å². The Morgan fingerprint density at radius 2 is 1.93 bits per heavy atom. The lowest BCUT2D eigenvalue weighted by Crippen LogP contribution is -2.47. The van der Waals surface area contributed by atoms with E-state index in [1.807, 2.05) is 0 Å². The third-order valence-corrected chi connectivity index (χ3v) is 2.94. The second kappa shape index (κ2) is 5.33. The second-order valence-corrected chi connectivity index (χ2v) is 4.48. The number of nitrogens with one attached hydrogen (secondary N) is 1. The van der Waals surface area contributed by atoms with Gasteiger partial charge in [-0.15, -0.1) is 0 Å². The van der Waals surface area contributed by atoms with Crippen molar-refractivity contribution in [3.63, 3.8) is 0 Å². The van der Waals surface area contributed by atoms with Gasteiger partial charge < -0.3 is 4.90 Å². The monoisotopic (exact) mass is 195 g/mol. The molecule has 0 aromatic heterocycles.